The van der Waals surface area contributed by atoms with Crippen LogP contribution in [0.4, 0.5) is 0 Å². The van der Waals surface area contributed by atoms with E-state index in [1.807, 2.05) is 0 Å². The first-order valence-electron chi connectivity index (χ1n) is 10.2. The van der Waals surface area contributed by atoms with Gasteiger partial charge in [-0.15, -0.1) is 0 Å². The van der Waals surface area contributed by atoms with E-state index in [-0.39, 0.29) is 17.4 Å². The zero-order valence-electron chi connectivity index (χ0n) is 18.0. The van der Waals surface area contributed by atoms with Crippen molar-refractivity contribution >= 4 is 27.3 Å². The topological polar surface area (TPSA) is 133 Å². The van der Waals surface area contributed by atoms with E-state index in [1.165, 1.54) is 24.7 Å². The number of aromatic amines is 1. The summed E-state index contributed by atoms with van der Waals surface area (Å²) in [6.45, 7) is 3.47. The van der Waals surface area contributed by atoms with Crippen molar-refractivity contribution in [3.8, 4) is 11.5 Å². The number of hydrogen-bond donors (Lipinski definition) is 4. The Morgan fingerprint density at radius 3 is 2.24 bits per heavy atom. The summed E-state index contributed by atoms with van der Waals surface area (Å²) in [4.78, 5) is 18.9. The molecule has 2 atom stereocenters. The Hall–Kier alpha value is -2.92. The highest BCUT2D eigenvalue weighted by atomic mass is 35.5. The van der Waals surface area contributed by atoms with E-state index in [2.05, 4.69) is 15.3 Å². The fourth-order valence-electron chi connectivity index (χ4n) is 3.26. The number of hydrogen-bond acceptors (Lipinski definition) is 7. The van der Waals surface area contributed by atoms with Gasteiger partial charge in [-0.05, 0) is 54.4 Å². The van der Waals surface area contributed by atoms with Crippen LogP contribution in [0.3, 0.4) is 0 Å². The molecule has 0 aliphatic rings. The summed E-state index contributed by atoms with van der Waals surface area (Å²) in [6.07, 6.45) is 2.89. The monoisotopic (exact) mass is 492 g/mol. The van der Waals surface area contributed by atoms with Gasteiger partial charge < -0.3 is 15.0 Å². The lowest BCUT2D eigenvalue weighted by Crippen LogP contribution is -2.48. The molecule has 0 aliphatic heterocycles. The quantitative estimate of drug-likeness (QED) is 0.251. The zero-order valence-corrected chi connectivity index (χ0v) is 19.6. The molecule has 0 fully saturated rings. The zero-order chi connectivity index (χ0) is 24.0. The van der Waals surface area contributed by atoms with E-state index in [4.69, 9.17) is 21.5 Å². The number of amides is 1. The van der Waals surface area contributed by atoms with E-state index in [1.54, 1.807) is 55.7 Å². The maximum absolute atomic E-state index is 13.5. The molecule has 0 bridgehead atoms. The molecule has 11 heteroatoms. The van der Waals surface area contributed by atoms with E-state index < -0.39 is 27.0 Å². The number of hydroxylamine groups is 1. The van der Waals surface area contributed by atoms with E-state index in [9.17, 15) is 13.2 Å². The Morgan fingerprint density at radius 1 is 1.12 bits per heavy atom. The van der Waals surface area contributed by atoms with Gasteiger partial charge in [-0.2, -0.15) is 0 Å². The standard InChI is InChI=1S/C22H25ClN4O5S/c1-14(2)21(22(28)27-29)25-12-20(19-11-24-13-26-19)33(30,31)18-9-7-17(8-10-18)32-16-5-3-15(23)4-6-16/h3-11,13-14,20-21,25,29H,12H2,1-2H3,(H,24,26)(H,27,28)/t20?,21-/m1/s1. The summed E-state index contributed by atoms with van der Waals surface area (Å²) in [7, 11) is -3.89. The molecular weight excluding hydrogens is 468 g/mol. The number of sulfone groups is 1. The smallest absolute Gasteiger partial charge is 0.260 e. The molecule has 0 saturated carbocycles. The third-order valence-electron chi connectivity index (χ3n) is 5.01. The van der Waals surface area contributed by atoms with Crippen molar-refractivity contribution in [3.05, 3.63) is 71.8 Å². The first-order chi connectivity index (χ1) is 15.7. The van der Waals surface area contributed by atoms with Crippen molar-refractivity contribution in [1.82, 2.24) is 20.8 Å². The first kappa shape index (κ1) is 24.7. The number of halogens is 1. The molecule has 0 aliphatic carbocycles. The Bertz CT molecular complexity index is 1150. The number of rotatable bonds is 10. The number of aromatic nitrogens is 2. The molecule has 0 saturated heterocycles. The normalized spacial score (nSPS) is 13.5. The largest absolute Gasteiger partial charge is 0.457 e. The molecule has 9 nitrogen and oxygen atoms in total. The maximum atomic E-state index is 13.5. The molecule has 0 spiro atoms. The van der Waals surface area contributed by atoms with Gasteiger partial charge in [0.2, 0.25) is 0 Å². The van der Waals surface area contributed by atoms with Gasteiger partial charge >= 0.3 is 0 Å². The second-order valence-corrected chi connectivity index (χ2v) is 10.2. The number of carbonyl (C=O) groups is 1. The molecule has 2 aromatic carbocycles. The van der Waals surface area contributed by atoms with Crippen molar-refractivity contribution in [1.29, 1.82) is 0 Å². The van der Waals surface area contributed by atoms with Crippen molar-refractivity contribution in [2.75, 3.05) is 6.54 Å². The predicted octanol–water partition coefficient (Wildman–Crippen LogP) is 3.49. The van der Waals surface area contributed by atoms with Gasteiger partial charge in [0.05, 0.1) is 23.0 Å². The number of benzene rings is 2. The summed E-state index contributed by atoms with van der Waals surface area (Å²) in [6, 6.07) is 12.1. The fraction of sp³-hybridized carbons (Fsp3) is 0.273. The Kier molecular flexibility index (Phi) is 8.09. The Labute approximate surface area is 197 Å². The molecule has 33 heavy (non-hydrogen) atoms. The van der Waals surface area contributed by atoms with Crippen LogP contribution >= 0.6 is 11.6 Å². The summed E-state index contributed by atoms with van der Waals surface area (Å²) in [5.41, 5.74) is 1.91. The number of imidazole rings is 1. The lowest BCUT2D eigenvalue weighted by molar-refractivity contribution is -0.132. The molecule has 1 heterocycles. The number of carbonyl (C=O) groups excluding carboxylic acids is 1. The molecule has 1 unspecified atom stereocenters. The van der Waals surface area contributed by atoms with Gasteiger partial charge in [0.1, 0.15) is 16.7 Å². The minimum Gasteiger partial charge on any atom is -0.457 e. The van der Waals surface area contributed by atoms with Crippen molar-refractivity contribution in [2.45, 2.75) is 30.0 Å². The number of ether oxygens (including phenoxy) is 1. The molecule has 4 N–H and O–H groups in total. The third-order valence-corrected chi connectivity index (χ3v) is 7.35. The SMILES string of the molecule is CC(C)[C@@H](NCC(c1c[nH]cn1)S(=O)(=O)c1ccc(Oc2ccc(Cl)cc2)cc1)C(=O)NO. The van der Waals surface area contributed by atoms with Crippen LogP contribution in [0.2, 0.25) is 5.02 Å². The van der Waals surface area contributed by atoms with Crippen LogP contribution < -0.4 is 15.5 Å². The van der Waals surface area contributed by atoms with Gasteiger partial charge in [-0.25, -0.2) is 18.9 Å². The van der Waals surface area contributed by atoms with Gasteiger partial charge in [0, 0.05) is 17.8 Å². The van der Waals surface area contributed by atoms with Crippen LogP contribution in [0.5, 0.6) is 11.5 Å². The lowest BCUT2D eigenvalue weighted by atomic mass is 10.0. The Morgan fingerprint density at radius 2 is 1.73 bits per heavy atom. The van der Waals surface area contributed by atoms with Gasteiger partial charge in [-0.3, -0.25) is 10.0 Å². The van der Waals surface area contributed by atoms with Crippen molar-refractivity contribution in [3.63, 3.8) is 0 Å². The van der Waals surface area contributed by atoms with E-state index in [0.29, 0.717) is 22.2 Å². The maximum Gasteiger partial charge on any atom is 0.260 e. The van der Waals surface area contributed by atoms with Crippen molar-refractivity contribution < 1.29 is 23.2 Å². The summed E-state index contributed by atoms with van der Waals surface area (Å²) in [5.74, 6) is 0.191. The minimum absolute atomic E-state index is 0.0773. The average Bonchev–Trinajstić information content (AvgIpc) is 3.32. The summed E-state index contributed by atoms with van der Waals surface area (Å²) < 4.78 is 32.6. The second kappa shape index (κ2) is 10.8. The highest BCUT2D eigenvalue weighted by Crippen LogP contribution is 2.30. The summed E-state index contributed by atoms with van der Waals surface area (Å²) in [5, 5.41) is 11.4. The number of H-pyrrole nitrogens is 1. The molecule has 176 valence electrons. The predicted molar refractivity (Wildman–Crippen MR) is 123 cm³/mol. The summed E-state index contributed by atoms with van der Waals surface area (Å²) >= 11 is 5.88. The minimum atomic E-state index is -3.89. The fourth-order valence-corrected chi connectivity index (χ4v) is 4.99. The molecule has 1 amide bonds. The van der Waals surface area contributed by atoms with Crippen LogP contribution in [0.1, 0.15) is 24.8 Å². The van der Waals surface area contributed by atoms with Crippen LogP contribution in [0.15, 0.2) is 66.0 Å². The number of nitrogens with zero attached hydrogens (tertiary/aromatic N) is 1. The third kappa shape index (κ3) is 6.11. The second-order valence-electron chi connectivity index (χ2n) is 7.66. The molecule has 3 rings (SSSR count). The molecule has 0 radical (unpaired) electrons. The van der Waals surface area contributed by atoms with Gasteiger partial charge in [0.15, 0.2) is 9.84 Å². The van der Waals surface area contributed by atoms with Crippen LogP contribution in [0, 0.1) is 5.92 Å². The van der Waals surface area contributed by atoms with Crippen LogP contribution in [-0.4, -0.2) is 42.1 Å². The van der Waals surface area contributed by atoms with Crippen LogP contribution in [0.25, 0.3) is 0 Å². The lowest BCUT2D eigenvalue weighted by Gasteiger charge is -2.23. The van der Waals surface area contributed by atoms with Crippen molar-refractivity contribution in [2.24, 2.45) is 5.92 Å². The van der Waals surface area contributed by atoms with E-state index >= 15 is 0 Å². The Balaban J connectivity index is 1.82. The van der Waals surface area contributed by atoms with Crippen LogP contribution in [-0.2, 0) is 14.6 Å². The molecule has 1 aromatic heterocycles. The van der Waals surface area contributed by atoms with Gasteiger partial charge in [-0.1, -0.05) is 25.4 Å². The molecule has 3 aromatic rings. The first-order valence-corrected chi connectivity index (χ1v) is 12.1. The highest BCUT2D eigenvalue weighted by molar-refractivity contribution is 7.91. The van der Waals surface area contributed by atoms with E-state index in [0.717, 1.165) is 0 Å². The highest BCUT2D eigenvalue weighted by Gasteiger charge is 2.33. The van der Waals surface area contributed by atoms with Gasteiger partial charge in [0.25, 0.3) is 5.91 Å². The molecular formula is C22H25ClN4O5S. The number of nitrogens with one attached hydrogen (secondary N) is 3. The average molecular weight is 493 g/mol.